The fourth-order valence-electron chi connectivity index (χ4n) is 3.38. The largest absolute Gasteiger partial charge is 0.493 e. The van der Waals surface area contributed by atoms with Crippen molar-refractivity contribution in [2.24, 2.45) is 5.73 Å². The van der Waals surface area contributed by atoms with Crippen molar-refractivity contribution in [1.29, 1.82) is 0 Å². The molecule has 0 aliphatic heterocycles. The van der Waals surface area contributed by atoms with Crippen molar-refractivity contribution in [3.8, 4) is 5.75 Å². The predicted octanol–water partition coefficient (Wildman–Crippen LogP) is 4.26. The first-order valence-electron chi connectivity index (χ1n) is 10.7. The van der Waals surface area contributed by atoms with Crippen LogP contribution in [0.3, 0.4) is 0 Å². The average molecular weight is 493 g/mol. The highest BCUT2D eigenvalue weighted by Crippen LogP contribution is 2.38. The fraction of sp³-hybridized carbons (Fsp3) is 0.545. The molecule has 1 aliphatic carbocycles. The Morgan fingerprint density at radius 2 is 1.91 bits per heavy atom. The lowest BCUT2D eigenvalue weighted by Gasteiger charge is -2.27. The molecular formula is C22H31F3NO6P. The van der Waals surface area contributed by atoms with Crippen LogP contribution in [0.25, 0.3) is 0 Å². The fourth-order valence-corrected chi connectivity index (χ4v) is 3.81. The molecule has 1 atom stereocenters. The molecule has 0 bridgehead atoms. The van der Waals surface area contributed by atoms with E-state index in [4.69, 9.17) is 20.3 Å². The Balaban J connectivity index is 1.95. The molecule has 0 aromatic heterocycles. The smallest absolute Gasteiger partial charge is 0.469 e. The van der Waals surface area contributed by atoms with E-state index in [1.807, 2.05) is 6.08 Å². The van der Waals surface area contributed by atoms with Crippen molar-refractivity contribution < 1.29 is 41.9 Å². The Bertz CT molecular complexity index is 883. The van der Waals surface area contributed by atoms with E-state index in [1.165, 1.54) is 17.7 Å². The summed E-state index contributed by atoms with van der Waals surface area (Å²) >= 11 is 0. The quantitative estimate of drug-likeness (QED) is 0.239. The van der Waals surface area contributed by atoms with Gasteiger partial charge in [-0.05, 0) is 62.6 Å². The van der Waals surface area contributed by atoms with Crippen LogP contribution in [0, 0.1) is 0 Å². The third kappa shape index (κ3) is 10.00. The number of benzene rings is 1. The van der Waals surface area contributed by atoms with Crippen molar-refractivity contribution in [3.05, 3.63) is 53.1 Å². The van der Waals surface area contributed by atoms with Crippen LogP contribution in [0.15, 0.2) is 42.0 Å². The molecule has 2 rings (SSSR count). The normalized spacial score (nSPS) is 16.4. The molecule has 1 aliphatic rings. The maximum Gasteiger partial charge on any atom is 0.469 e. The average Bonchev–Trinajstić information content (AvgIpc) is 2.76. The van der Waals surface area contributed by atoms with Crippen LogP contribution in [0.2, 0.25) is 0 Å². The van der Waals surface area contributed by atoms with Crippen LogP contribution >= 0.6 is 7.82 Å². The summed E-state index contributed by atoms with van der Waals surface area (Å²) in [6, 6.07) is 3.71. The highest BCUT2D eigenvalue weighted by Gasteiger charge is 2.35. The molecule has 11 heteroatoms. The molecule has 1 unspecified atom stereocenters. The zero-order chi connectivity index (χ0) is 24.5. The van der Waals surface area contributed by atoms with Gasteiger partial charge in [0.15, 0.2) is 0 Å². The highest BCUT2D eigenvalue weighted by molar-refractivity contribution is 7.46. The first-order valence-corrected chi connectivity index (χ1v) is 12.2. The Morgan fingerprint density at radius 3 is 2.52 bits per heavy atom. The molecule has 1 aromatic carbocycles. The summed E-state index contributed by atoms with van der Waals surface area (Å²) in [5, 5.41) is 9.45. The van der Waals surface area contributed by atoms with E-state index < -0.39 is 38.3 Å². The van der Waals surface area contributed by atoms with Crippen LogP contribution in [0.4, 0.5) is 13.2 Å². The minimum atomic E-state index is -4.79. The third-order valence-corrected chi connectivity index (χ3v) is 5.81. The number of hydrogen-bond donors (Lipinski definition) is 4. The number of nitrogens with two attached hydrogens (primary N) is 1. The number of alkyl halides is 3. The van der Waals surface area contributed by atoms with Gasteiger partial charge in [-0.1, -0.05) is 29.9 Å². The van der Waals surface area contributed by atoms with Gasteiger partial charge in [-0.15, -0.1) is 0 Å². The second-order valence-electron chi connectivity index (χ2n) is 8.21. The number of unbranched alkanes of at least 4 members (excludes halogenated alkanes) is 1. The van der Waals surface area contributed by atoms with E-state index in [0.29, 0.717) is 12.0 Å². The molecule has 0 saturated carbocycles. The molecule has 186 valence electrons. The number of aliphatic hydroxyl groups is 1. The van der Waals surface area contributed by atoms with Crippen LogP contribution in [-0.4, -0.2) is 40.3 Å². The Kier molecular flexibility index (Phi) is 10.1. The molecule has 33 heavy (non-hydrogen) atoms. The maximum absolute atomic E-state index is 13.6. The summed E-state index contributed by atoms with van der Waals surface area (Å²) in [5.74, 6) is -0.253. The van der Waals surface area contributed by atoms with Gasteiger partial charge in [0.05, 0.1) is 30.9 Å². The topological polar surface area (TPSA) is 122 Å². The zero-order valence-corrected chi connectivity index (χ0v) is 19.2. The van der Waals surface area contributed by atoms with Gasteiger partial charge >= 0.3 is 14.0 Å². The molecule has 0 saturated heterocycles. The number of phosphoric ester groups is 1. The van der Waals surface area contributed by atoms with Crippen molar-refractivity contribution in [2.75, 3.05) is 19.8 Å². The Morgan fingerprint density at radius 1 is 1.15 bits per heavy atom. The maximum atomic E-state index is 13.6. The van der Waals surface area contributed by atoms with Gasteiger partial charge in [-0.3, -0.25) is 4.52 Å². The van der Waals surface area contributed by atoms with Crippen molar-refractivity contribution in [1.82, 2.24) is 0 Å². The van der Waals surface area contributed by atoms with Crippen molar-refractivity contribution >= 4 is 7.82 Å². The summed E-state index contributed by atoms with van der Waals surface area (Å²) in [4.78, 5) is 17.6. The zero-order valence-electron chi connectivity index (χ0n) is 18.3. The van der Waals surface area contributed by atoms with E-state index in [9.17, 15) is 22.8 Å². The van der Waals surface area contributed by atoms with Crippen LogP contribution in [-0.2, 0) is 21.7 Å². The van der Waals surface area contributed by atoms with Crippen LogP contribution < -0.4 is 10.5 Å². The molecule has 7 nitrogen and oxygen atoms in total. The summed E-state index contributed by atoms with van der Waals surface area (Å²) in [6.45, 7) is -1.14. The van der Waals surface area contributed by atoms with Gasteiger partial charge in [0, 0.05) is 0 Å². The Hall–Kier alpha value is -1.68. The van der Waals surface area contributed by atoms with Crippen LogP contribution in [0.1, 0.15) is 49.7 Å². The Labute approximate surface area is 191 Å². The number of ether oxygens (including phenoxy) is 1. The second-order valence-corrected chi connectivity index (χ2v) is 9.45. The molecule has 0 radical (unpaired) electrons. The number of halogens is 3. The molecule has 1 aromatic rings. The highest BCUT2D eigenvalue weighted by atomic mass is 31.2. The SMILES string of the molecule is NC(CO)(CCc1ccc(OCCCCC2=CC=CCC2)c(C(F)(F)F)c1)COP(=O)(O)O. The number of phosphoric acid groups is 1. The van der Waals surface area contributed by atoms with Crippen molar-refractivity contribution in [3.63, 3.8) is 0 Å². The summed E-state index contributed by atoms with van der Waals surface area (Å²) in [5.41, 5.74) is 5.09. The van der Waals surface area contributed by atoms with E-state index >= 15 is 0 Å². The first-order chi connectivity index (χ1) is 15.4. The molecule has 0 amide bonds. The standard InChI is InChI=1S/C22H31F3NO6P/c23-22(24,25)19-14-18(11-12-21(26,15-27)16-32-33(28,29)30)9-10-20(19)31-13-5-4-8-17-6-2-1-3-7-17/h1-2,6,9-10,14,27H,3-5,7-8,11-13,15-16,26H2,(H2,28,29,30). The minimum absolute atomic E-state index is 0.0362. The summed E-state index contributed by atoms with van der Waals surface area (Å²) in [7, 11) is -4.79. The van der Waals surface area contributed by atoms with E-state index in [-0.39, 0.29) is 25.2 Å². The lowest BCUT2D eigenvalue weighted by Crippen LogP contribution is -2.48. The number of rotatable bonds is 13. The monoisotopic (exact) mass is 493 g/mol. The van der Waals surface area contributed by atoms with Gasteiger partial charge in [0.25, 0.3) is 0 Å². The third-order valence-electron chi connectivity index (χ3n) is 5.35. The number of hydrogen-bond acceptors (Lipinski definition) is 5. The second kappa shape index (κ2) is 12.1. The van der Waals surface area contributed by atoms with Crippen molar-refractivity contribution in [2.45, 2.75) is 56.7 Å². The molecule has 5 N–H and O–H groups in total. The predicted molar refractivity (Wildman–Crippen MR) is 118 cm³/mol. The molecule has 0 heterocycles. The number of allylic oxidation sites excluding steroid dienone is 4. The molecular weight excluding hydrogens is 462 g/mol. The van der Waals surface area contributed by atoms with E-state index in [0.717, 1.165) is 31.7 Å². The van der Waals surface area contributed by atoms with Gasteiger partial charge in [0.1, 0.15) is 5.75 Å². The van der Waals surface area contributed by atoms with Gasteiger partial charge in [-0.2, -0.15) is 13.2 Å². The van der Waals surface area contributed by atoms with Gasteiger partial charge < -0.3 is 25.4 Å². The lowest BCUT2D eigenvalue weighted by molar-refractivity contribution is -0.139. The molecule has 0 fully saturated rings. The summed E-state index contributed by atoms with van der Waals surface area (Å²) in [6.07, 6.45) is 5.96. The molecule has 0 spiro atoms. The number of aryl methyl sites for hydroxylation is 1. The van der Waals surface area contributed by atoms with E-state index in [2.05, 4.69) is 16.7 Å². The lowest BCUT2D eigenvalue weighted by atomic mass is 9.93. The van der Waals surface area contributed by atoms with Crippen LogP contribution in [0.5, 0.6) is 5.75 Å². The van der Waals surface area contributed by atoms with Gasteiger partial charge in [0.2, 0.25) is 0 Å². The first kappa shape index (κ1) is 27.6. The van der Waals surface area contributed by atoms with Gasteiger partial charge in [-0.25, -0.2) is 4.57 Å². The minimum Gasteiger partial charge on any atom is -0.493 e. The summed E-state index contributed by atoms with van der Waals surface area (Å²) < 4.78 is 61.4. The van der Waals surface area contributed by atoms with E-state index in [1.54, 1.807) is 0 Å². The number of aliphatic hydroxyl groups excluding tert-OH is 1.